The molecular weight excluding hydrogens is 172 g/mol. The summed E-state index contributed by atoms with van der Waals surface area (Å²) in [6, 6.07) is 0.623. The van der Waals surface area contributed by atoms with Crippen LogP contribution in [-0.2, 0) is 0 Å². The van der Waals surface area contributed by atoms with Crippen molar-refractivity contribution in [2.45, 2.75) is 63.8 Å². The number of nitrogens with one attached hydrogen (secondary N) is 1. The lowest BCUT2D eigenvalue weighted by Crippen LogP contribution is -2.46. The van der Waals surface area contributed by atoms with E-state index in [-0.39, 0.29) is 0 Å². The molecule has 2 fully saturated rings. The van der Waals surface area contributed by atoms with Gasteiger partial charge in [-0.05, 0) is 37.5 Å². The summed E-state index contributed by atoms with van der Waals surface area (Å²) in [4.78, 5) is 0. The maximum Gasteiger partial charge on any atom is 0.0266 e. The van der Waals surface area contributed by atoms with E-state index in [0.29, 0.717) is 6.04 Å². The van der Waals surface area contributed by atoms with E-state index in [1.54, 1.807) is 0 Å². The number of hydrazine groups is 1. The molecule has 0 aromatic heterocycles. The molecule has 2 aliphatic carbocycles. The predicted molar refractivity (Wildman–Crippen MR) is 59.6 cm³/mol. The maximum atomic E-state index is 5.73. The van der Waals surface area contributed by atoms with Crippen LogP contribution in [0, 0.1) is 11.8 Å². The zero-order valence-corrected chi connectivity index (χ0v) is 9.17. The Balaban J connectivity index is 1.89. The van der Waals surface area contributed by atoms with Crippen LogP contribution in [0.25, 0.3) is 0 Å². The molecule has 2 saturated carbocycles. The fourth-order valence-electron chi connectivity index (χ4n) is 3.47. The number of hydrogen-bond acceptors (Lipinski definition) is 2. The molecule has 2 nitrogen and oxygen atoms in total. The van der Waals surface area contributed by atoms with E-state index in [1.165, 1.54) is 57.8 Å². The predicted octanol–water partition coefficient (Wildman–Crippen LogP) is 2.59. The minimum Gasteiger partial charge on any atom is -0.271 e. The Morgan fingerprint density at radius 2 is 1.21 bits per heavy atom. The van der Waals surface area contributed by atoms with Crippen LogP contribution < -0.4 is 11.3 Å². The van der Waals surface area contributed by atoms with Gasteiger partial charge in [-0.3, -0.25) is 11.3 Å². The molecule has 0 heterocycles. The first-order valence-corrected chi connectivity index (χ1v) is 6.38. The molecule has 1 atom stereocenters. The molecule has 2 aliphatic rings. The quantitative estimate of drug-likeness (QED) is 0.538. The van der Waals surface area contributed by atoms with Crippen LogP contribution >= 0.6 is 0 Å². The van der Waals surface area contributed by atoms with E-state index in [9.17, 15) is 0 Å². The van der Waals surface area contributed by atoms with E-state index in [4.69, 9.17) is 5.84 Å². The highest BCUT2D eigenvalue weighted by Crippen LogP contribution is 2.35. The molecule has 14 heavy (non-hydrogen) atoms. The van der Waals surface area contributed by atoms with Crippen LogP contribution in [0.15, 0.2) is 0 Å². The van der Waals surface area contributed by atoms with Crippen molar-refractivity contribution in [3.63, 3.8) is 0 Å². The van der Waals surface area contributed by atoms with E-state index in [0.717, 1.165) is 11.8 Å². The number of rotatable bonds is 3. The van der Waals surface area contributed by atoms with Gasteiger partial charge >= 0.3 is 0 Å². The second-order valence-corrected chi connectivity index (χ2v) is 5.14. The van der Waals surface area contributed by atoms with Crippen molar-refractivity contribution >= 4 is 0 Å². The zero-order valence-electron chi connectivity index (χ0n) is 9.17. The lowest BCUT2D eigenvalue weighted by atomic mass is 9.78. The van der Waals surface area contributed by atoms with Crippen molar-refractivity contribution in [2.24, 2.45) is 17.7 Å². The van der Waals surface area contributed by atoms with Gasteiger partial charge in [-0.1, -0.05) is 32.1 Å². The Morgan fingerprint density at radius 1 is 0.786 bits per heavy atom. The molecule has 0 aliphatic heterocycles. The molecule has 0 aromatic rings. The molecule has 0 aromatic carbocycles. The number of hydrogen-bond donors (Lipinski definition) is 2. The summed E-state index contributed by atoms with van der Waals surface area (Å²) in [6.45, 7) is 0. The van der Waals surface area contributed by atoms with Gasteiger partial charge in [-0.25, -0.2) is 0 Å². The van der Waals surface area contributed by atoms with Crippen molar-refractivity contribution in [3.05, 3.63) is 0 Å². The van der Waals surface area contributed by atoms with Gasteiger partial charge in [0, 0.05) is 6.04 Å². The van der Waals surface area contributed by atoms with Gasteiger partial charge in [0.05, 0.1) is 0 Å². The largest absolute Gasteiger partial charge is 0.271 e. The normalized spacial score (nSPS) is 28.1. The minimum absolute atomic E-state index is 0.623. The summed E-state index contributed by atoms with van der Waals surface area (Å²) >= 11 is 0. The molecule has 2 rings (SSSR count). The smallest absolute Gasteiger partial charge is 0.0266 e. The van der Waals surface area contributed by atoms with Gasteiger partial charge in [-0.2, -0.15) is 0 Å². The van der Waals surface area contributed by atoms with Gasteiger partial charge in [0.25, 0.3) is 0 Å². The van der Waals surface area contributed by atoms with Crippen molar-refractivity contribution < 1.29 is 0 Å². The van der Waals surface area contributed by atoms with Gasteiger partial charge in [0.2, 0.25) is 0 Å². The van der Waals surface area contributed by atoms with Crippen LogP contribution in [0.5, 0.6) is 0 Å². The lowest BCUT2D eigenvalue weighted by Gasteiger charge is -2.33. The fourth-order valence-corrected chi connectivity index (χ4v) is 3.47. The van der Waals surface area contributed by atoms with Crippen LogP contribution in [0.1, 0.15) is 57.8 Å². The highest BCUT2D eigenvalue weighted by Gasteiger charge is 2.31. The maximum absolute atomic E-state index is 5.73. The van der Waals surface area contributed by atoms with Crippen molar-refractivity contribution in [1.82, 2.24) is 5.43 Å². The lowest BCUT2D eigenvalue weighted by molar-refractivity contribution is 0.208. The molecule has 82 valence electrons. The monoisotopic (exact) mass is 196 g/mol. The summed E-state index contributed by atoms with van der Waals surface area (Å²) in [5.41, 5.74) is 3.11. The number of nitrogens with two attached hydrogens (primary N) is 1. The molecule has 0 amide bonds. The molecule has 0 spiro atoms. The first kappa shape index (κ1) is 10.4. The zero-order chi connectivity index (χ0) is 9.80. The highest BCUT2D eigenvalue weighted by atomic mass is 15.2. The van der Waals surface area contributed by atoms with Gasteiger partial charge < -0.3 is 0 Å². The third kappa shape index (κ3) is 2.29. The van der Waals surface area contributed by atoms with Crippen molar-refractivity contribution in [1.29, 1.82) is 0 Å². The minimum atomic E-state index is 0.623. The molecule has 2 heteroatoms. The SMILES string of the molecule is NNC(C1CCCCC1)C1CCCC1. The Labute approximate surface area is 87.6 Å². The Hall–Kier alpha value is -0.0800. The second-order valence-electron chi connectivity index (χ2n) is 5.14. The Bertz CT molecular complexity index is 158. The van der Waals surface area contributed by atoms with E-state index >= 15 is 0 Å². The second kappa shape index (κ2) is 5.13. The third-order valence-electron chi connectivity index (χ3n) is 4.26. The molecule has 3 N–H and O–H groups in total. The summed E-state index contributed by atoms with van der Waals surface area (Å²) < 4.78 is 0. The van der Waals surface area contributed by atoms with Gasteiger partial charge in [-0.15, -0.1) is 0 Å². The van der Waals surface area contributed by atoms with Crippen LogP contribution in [-0.4, -0.2) is 6.04 Å². The fraction of sp³-hybridized carbons (Fsp3) is 1.00. The topological polar surface area (TPSA) is 38.0 Å². The molecule has 1 unspecified atom stereocenters. The van der Waals surface area contributed by atoms with Crippen LogP contribution in [0.4, 0.5) is 0 Å². The highest BCUT2D eigenvalue weighted by molar-refractivity contribution is 4.86. The van der Waals surface area contributed by atoms with E-state index in [1.807, 2.05) is 0 Å². The average Bonchev–Trinajstić information content (AvgIpc) is 2.74. The first-order chi connectivity index (χ1) is 6.92. The third-order valence-corrected chi connectivity index (χ3v) is 4.26. The molecular formula is C12H24N2. The summed E-state index contributed by atoms with van der Waals surface area (Å²) in [6.07, 6.45) is 12.8. The Kier molecular flexibility index (Phi) is 3.82. The molecule has 0 saturated heterocycles. The summed E-state index contributed by atoms with van der Waals surface area (Å²) in [5.74, 6) is 7.48. The van der Waals surface area contributed by atoms with E-state index < -0.39 is 0 Å². The Morgan fingerprint density at radius 3 is 1.64 bits per heavy atom. The van der Waals surface area contributed by atoms with Crippen LogP contribution in [0.2, 0.25) is 0 Å². The average molecular weight is 196 g/mol. The van der Waals surface area contributed by atoms with Crippen LogP contribution in [0.3, 0.4) is 0 Å². The molecule has 0 bridgehead atoms. The molecule has 0 radical (unpaired) electrons. The summed E-state index contributed by atoms with van der Waals surface area (Å²) in [7, 11) is 0. The van der Waals surface area contributed by atoms with Crippen molar-refractivity contribution in [2.75, 3.05) is 0 Å². The van der Waals surface area contributed by atoms with Gasteiger partial charge in [0.1, 0.15) is 0 Å². The first-order valence-electron chi connectivity index (χ1n) is 6.38. The van der Waals surface area contributed by atoms with Gasteiger partial charge in [0.15, 0.2) is 0 Å². The summed E-state index contributed by atoms with van der Waals surface area (Å²) in [5, 5.41) is 0. The van der Waals surface area contributed by atoms with E-state index in [2.05, 4.69) is 5.43 Å². The standard InChI is InChI=1S/C12H24N2/c13-14-12(11-8-4-5-9-11)10-6-2-1-3-7-10/h10-12,14H,1-9,13H2. The van der Waals surface area contributed by atoms with Crippen molar-refractivity contribution in [3.8, 4) is 0 Å².